The number of pyridine rings is 2. The lowest BCUT2D eigenvalue weighted by Gasteiger charge is -2.32. The Bertz CT molecular complexity index is 1720. The number of aryl methyl sites for hydroxylation is 1. The van der Waals surface area contributed by atoms with Crippen molar-refractivity contribution in [2.45, 2.75) is 70.2 Å². The molecule has 1 unspecified atom stereocenters. The SMILES string of the molecule is CC[C@@]1(O)C(=O)OCc2c1cc1n(c2=S)Cc2c-1nc1cc(F)c(C)c3c1c2[C@@H](NC(=O)C(O)C(F)(F)F)CC3. The maximum atomic E-state index is 14.9. The van der Waals surface area contributed by atoms with Gasteiger partial charge in [0.2, 0.25) is 6.10 Å². The molecule has 1 aliphatic carbocycles. The zero-order valence-corrected chi connectivity index (χ0v) is 22.1. The molecule has 2 aromatic heterocycles. The molecule has 3 aromatic rings. The quantitative estimate of drug-likeness (QED) is 0.192. The van der Waals surface area contributed by atoms with E-state index in [9.17, 15) is 37.4 Å². The molecule has 3 aliphatic rings. The zero-order valence-electron chi connectivity index (χ0n) is 21.3. The number of alkyl halides is 3. The second-order valence-corrected chi connectivity index (χ2v) is 10.7. The first kappa shape index (κ1) is 26.8. The molecule has 4 heterocycles. The molecule has 3 atom stereocenters. The van der Waals surface area contributed by atoms with Crippen molar-refractivity contribution in [3.05, 3.63) is 56.0 Å². The molecule has 0 saturated heterocycles. The van der Waals surface area contributed by atoms with Gasteiger partial charge in [0.05, 0.1) is 29.5 Å². The van der Waals surface area contributed by atoms with E-state index in [0.29, 0.717) is 44.6 Å². The first-order valence-electron chi connectivity index (χ1n) is 12.6. The van der Waals surface area contributed by atoms with Crippen molar-refractivity contribution in [2.75, 3.05) is 0 Å². The first-order chi connectivity index (χ1) is 18.8. The Morgan fingerprint density at radius 2 is 2.05 bits per heavy atom. The average molecular weight is 578 g/mol. The number of rotatable bonds is 3. The number of esters is 1. The molecule has 0 radical (unpaired) electrons. The predicted molar refractivity (Wildman–Crippen MR) is 135 cm³/mol. The van der Waals surface area contributed by atoms with Crippen molar-refractivity contribution in [3.63, 3.8) is 0 Å². The van der Waals surface area contributed by atoms with Gasteiger partial charge in [0.15, 0.2) is 5.60 Å². The van der Waals surface area contributed by atoms with Crippen LogP contribution in [0.5, 0.6) is 0 Å². The number of carbonyl (C=O) groups is 2. The van der Waals surface area contributed by atoms with E-state index in [1.54, 1.807) is 24.5 Å². The Kier molecular flexibility index (Phi) is 5.88. The molecule has 8 nitrogen and oxygen atoms in total. The third-order valence-electron chi connectivity index (χ3n) is 8.25. The number of aliphatic hydroxyl groups excluding tert-OH is 1. The lowest BCUT2D eigenvalue weighted by atomic mass is 9.81. The molecule has 40 heavy (non-hydrogen) atoms. The number of carbonyl (C=O) groups excluding carboxylic acids is 2. The number of ether oxygens (including phenoxy) is 1. The van der Waals surface area contributed by atoms with Crippen molar-refractivity contribution >= 4 is 35.0 Å². The molecule has 0 bridgehead atoms. The fourth-order valence-electron chi connectivity index (χ4n) is 6.10. The Hall–Kier alpha value is -3.42. The number of benzene rings is 1. The Morgan fingerprint density at radius 1 is 1.32 bits per heavy atom. The Labute approximate surface area is 229 Å². The topological polar surface area (TPSA) is 114 Å². The maximum absolute atomic E-state index is 14.9. The molecule has 6 rings (SSSR count). The minimum absolute atomic E-state index is 0.0177. The van der Waals surface area contributed by atoms with Crippen molar-refractivity contribution in [2.24, 2.45) is 0 Å². The largest absolute Gasteiger partial charge is 0.458 e. The van der Waals surface area contributed by atoms with E-state index in [-0.39, 0.29) is 48.1 Å². The standard InChI is InChI=1S/C27H23F4N3O5S/c1-3-26(38)14-6-18-21-12(8-34(18)24(40)13(14)9-39-25(26)37)20-16(33-23(36)22(35)27(29,30)31)5-4-11-10(2)15(28)7-17(32-21)19(11)20/h6-7,16,22,35,38H,3-5,8-9H2,1-2H3,(H,33,36)/t16-,22?,26-/m0/s1. The summed E-state index contributed by atoms with van der Waals surface area (Å²) in [6.07, 6.45) is -7.91. The monoisotopic (exact) mass is 577 g/mol. The summed E-state index contributed by atoms with van der Waals surface area (Å²) in [5, 5.41) is 23.6. The molecule has 0 saturated carbocycles. The highest BCUT2D eigenvalue weighted by atomic mass is 32.1. The summed E-state index contributed by atoms with van der Waals surface area (Å²) in [5.74, 6) is -2.90. The number of fused-ring (bicyclic) bond motifs is 5. The number of aromatic nitrogens is 2. The Morgan fingerprint density at radius 3 is 2.73 bits per heavy atom. The van der Waals surface area contributed by atoms with E-state index in [0.717, 1.165) is 0 Å². The fraction of sp³-hybridized carbons (Fsp3) is 0.407. The van der Waals surface area contributed by atoms with Crippen LogP contribution in [-0.2, 0) is 39.5 Å². The normalized spacial score (nSPS) is 21.9. The van der Waals surface area contributed by atoms with Crippen molar-refractivity contribution < 1.29 is 42.1 Å². The summed E-state index contributed by atoms with van der Waals surface area (Å²) in [4.78, 5) is 29.7. The highest BCUT2D eigenvalue weighted by molar-refractivity contribution is 7.71. The summed E-state index contributed by atoms with van der Waals surface area (Å²) in [5.41, 5.74) is 1.87. The summed E-state index contributed by atoms with van der Waals surface area (Å²) in [7, 11) is 0. The van der Waals surface area contributed by atoms with E-state index in [1.807, 2.05) is 0 Å². The lowest BCUT2D eigenvalue weighted by Crippen LogP contribution is -2.45. The molecule has 0 spiro atoms. The molecule has 210 valence electrons. The van der Waals surface area contributed by atoms with Gasteiger partial charge in [-0.25, -0.2) is 14.2 Å². The minimum atomic E-state index is -5.15. The number of amides is 1. The molecule has 1 aromatic carbocycles. The summed E-state index contributed by atoms with van der Waals surface area (Å²) in [6.45, 7) is 3.22. The van der Waals surface area contributed by atoms with Crippen LogP contribution in [0, 0.1) is 17.4 Å². The van der Waals surface area contributed by atoms with Crippen LogP contribution in [0.25, 0.3) is 22.3 Å². The molecular formula is C27H23F4N3O5S. The number of halogens is 4. The molecule has 1 amide bonds. The summed E-state index contributed by atoms with van der Waals surface area (Å²) < 4.78 is 61.5. The third kappa shape index (κ3) is 3.63. The van der Waals surface area contributed by atoms with Gasteiger partial charge in [-0.05, 0) is 48.9 Å². The van der Waals surface area contributed by atoms with E-state index < -0.39 is 41.6 Å². The van der Waals surface area contributed by atoms with Crippen LogP contribution in [0.1, 0.15) is 59.2 Å². The maximum Gasteiger partial charge on any atom is 0.423 e. The van der Waals surface area contributed by atoms with E-state index in [2.05, 4.69) is 5.32 Å². The second kappa shape index (κ2) is 8.79. The molecule has 0 fully saturated rings. The van der Waals surface area contributed by atoms with Gasteiger partial charge in [-0.2, -0.15) is 13.2 Å². The lowest BCUT2D eigenvalue weighted by molar-refractivity contribution is -0.205. The van der Waals surface area contributed by atoms with E-state index in [4.69, 9.17) is 21.9 Å². The smallest absolute Gasteiger partial charge is 0.423 e. The highest BCUT2D eigenvalue weighted by Gasteiger charge is 2.46. The number of nitrogens with one attached hydrogen (secondary N) is 1. The van der Waals surface area contributed by atoms with Crippen LogP contribution < -0.4 is 5.32 Å². The molecule has 3 N–H and O–H groups in total. The average Bonchev–Trinajstić information content (AvgIpc) is 3.27. The van der Waals surface area contributed by atoms with Gasteiger partial charge < -0.3 is 24.8 Å². The molecule has 2 aliphatic heterocycles. The van der Waals surface area contributed by atoms with Crippen molar-refractivity contribution in [1.29, 1.82) is 0 Å². The number of hydrogen-bond donors (Lipinski definition) is 3. The molecular weight excluding hydrogens is 554 g/mol. The van der Waals surface area contributed by atoms with Gasteiger partial charge in [-0.3, -0.25) is 4.79 Å². The van der Waals surface area contributed by atoms with Crippen molar-refractivity contribution in [3.8, 4) is 11.4 Å². The predicted octanol–water partition coefficient (Wildman–Crippen LogP) is 3.92. The fourth-order valence-corrected chi connectivity index (χ4v) is 6.43. The number of aliphatic hydroxyl groups is 2. The van der Waals surface area contributed by atoms with Crippen LogP contribution in [-0.4, -0.2) is 43.9 Å². The van der Waals surface area contributed by atoms with Gasteiger partial charge in [-0.15, -0.1) is 0 Å². The van der Waals surface area contributed by atoms with Crippen LogP contribution in [0.3, 0.4) is 0 Å². The van der Waals surface area contributed by atoms with Crippen LogP contribution >= 0.6 is 12.2 Å². The number of nitrogens with zero attached hydrogens (tertiary/aromatic N) is 2. The van der Waals surface area contributed by atoms with E-state index >= 15 is 0 Å². The van der Waals surface area contributed by atoms with E-state index in [1.165, 1.54) is 6.07 Å². The zero-order chi connectivity index (χ0) is 28.9. The van der Waals surface area contributed by atoms with Gasteiger partial charge in [-0.1, -0.05) is 19.1 Å². The van der Waals surface area contributed by atoms with Crippen LogP contribution in [0.15, 0.2) is 12.1 Å². The van der Waals surface area contributed by atoms with Gasteiger partial charge in [0.25, 0.3) is 5.91 Å². The van der Waals surface area contributed by atoms with Crippen molar-refractivity contribution in [1.82, 2.24) is 14.9 Å². The highest BCUT2D eigenvalue weighted by Crippen LogP contribution is 2.47. The second-order valence-electron chi connectivity index (χ2n) is 10.4. The van der Waals surface area contributed by atoms with Gasteiger partial charge in [0.1, 0.15) is 17.1 Å². The van der Waals surface area contributed by atoms with Gasteiger partial charge >= 0.3 is 12.1 Å². The summed E-state index contributed by atoms with van der Waals surface area (Å²) >= 11 is 5.73. The third-order valence-corrected chi connectivity index (χ3v) is 8.72. The molecule has 13 heteroatoms. The van der Waals surface area contributed by atoms with Crippen LogP contribution in [0.4, 0.5) is 17.6 Å². The number of cyclic esters (lactones) is 1. The Balaban J connectivity index is 1.60. The number of hydrogen-bond acceptors (Lipinski definition) is 7. The first-order valence-corrected chi connectivity index (χ1v) is 13.1. The minimum Gasteiger partial charge on any atom is -0.458 e. The van der Waals surface area contributed by atoms with Crippen LogP contribution in [0.2, 0.25) is 0 Å². The summed E-state index contributed by atoms with van der Waals surface area (Å²) in [6, 6.07) is 1.90. The van der Waals surface area contributed by atoms with Gasteiger partial charge in [0, 0.05) is 28.1 Å².